The molecule has 0 aliphatic carbocycles. The molecule has 18 heavy (non-hydrogen) atoms. The van der Waals surface area contributed by atoms with Gasteiger partial charge in [0.25, 0.3) is 0 Å². The number of hydrogen-bond donors (Lipinski definition) is 1. The number of pyridine rings is 1. The molecular formula is C14H15BrN2O. The van der Waals surface area contributed by atoms with Gasteiger partial charge in [0.1, 0.15) is 12.4 Å². The summed E-state index contributed by atoms with van der Waals surface area (Å²) in [5.74, 6) is 0.826. The van der Waals surface area contributed by atoms with Crippen molar-refractivity contribution >= 4 is 15.9 Å². The standard InChI is InChI=1S/C14H15BrN2O/c1-10(16)13-4-2-3-5-14(13)18-9-11-6-12(15)8-17-7-11/h2-8,10H,9,16H2,1H3/t10-/m0/s1. The fraction of sp³-hybridized carbons (Fsp3) is 0.214. The van der Waals surface area contributed by atoms with E-state index >= 15 is 0 Å². The number of rotatable bonds is 4. The van der Waals surface area contributed by atoms with Gasteiger partial charge in [-0.25, -0.2) is 0 Å². The van der Waals surface area contributed by atoms with Crippen molar-refractivity contribution < 1.29 is 4.74 Å². The molecule has 3 nitrogen and oxygen atoms in total. The third kappa shape index (κ3) is 3.31. The molecule has 0 amide bonds. The van der Waals surface area contributed by atoms with Gasteiger partial charge < -0.3 is 10.5 Å². The van der Waals surface area contributed by atoms with Crippen molar-refractivity contribution in [2.45, 2.75) is 19.6 Å². The van der Waals surface area contributed by atoms with Gasteiger partial charge in [-0.1, -0.05) is 18.2 Å². The van der Waals surface area contributed by atoms with Crippen LogP contribution in [0.5, 0.6) is 5.75 Å². The fourth-order valence-corrected chi connectivity index (χ4v) is 2.10. The zero-order valence-electron chi connectivity index (χ0n) is 10.1. The molecule has 94 valence electrons. The third-order valence-electron chi connectivity index (χ3n) is 2.57. The van der Waals surface area contributed by atoms with Crippen LogP contribution in [0, 0.1) is 0 Å². The zero-order chi connectivity index (χ0) is 13.0. The van der Waals surface area contributed by atoms with Crippen LogP contribution in [0.3, 0.4) is 0 Å². The first kappa shape index (κ1) is 13.1. The summed E-state index contributed by atoms with van der Waals surface area (Å²) in [7, 11) is 0. The highest BCUT2D eigenvalue weighted by Gasteiger charge is 2.07. The molecule has 0 spiro atoms. The van der Waals surface area contributed by atoms with E-state index in [1.165, 1.54) is 0 Å². The summed E-state index contributed by atoms with van der Waals surface area (Å²) in [6, 6.07) is 9.78. The molecule has 2 N–H and O–H groups in total. The molecule has 1 aromatic carbocycles. The van der Waals surface area contributed by atoms with E-state index in [2.05, 4.69) is 20.9 Å². The number of aromatic nitrogens is 1. The van der Waals surface area contributed by atoms with Crippen LogP contribution in [-0.4, -0.2) is 4.98 Å². The number of hydrogen-bond acceptors (Lipinski definition) is 3. The molecule has 0 bridgehead atoms. The molecule has 0 radical (unpaired) electrons. The number of para-hydroxylation sites is 1. The molecule has 0 saturated carbocycles. The van der Waals surface area contributed by atoms with Crippen molar-refractivity contribution in [2.24, 2.45) is 5.73 Å². The Kier molecular flexibility index (Phi) is 4.33. The highest BCUT2D eigenvalue weighted by Crippen LogP contribution is 2.24. The highest BCUT2D eigenvalue weighted by atomic mass is 79.9. The van der Waals surface area contributed by atoms with Crippen molar-refractivity contribution in [1.82, 2.24) is 4.98 Å². The summed E-state index contributed by atoms with van der Waals surface area (Å²) >= 11 is 3.39. The lowest BCUT2D eigenvalue weighted by Crippen LogP contribution is -2.08. The maximum Gasteiger partial charge on any atom is 0.124 e. The summed E-state index contributed by atoms with van der Waals surface area (Å²) in [5, 5.41) is 0. The van der Waals surface area contributed by atoms with E-state index in [4.69, 9.17) is 10.5 Å². The minimum absolute atomic E-state index is 0.0400. The van der Waals surface area contributed by atoms with Crippen LogP contribution in [0.15, 0.2) is 47.2 Å². The summed E-state index contributed by atoms with van der Waals surface area (Å²) in [5.41, 5.74) is 7.94. The Morgan fingerprint density at radius 3 is 2.83 bits per heavy atom. The lowest BCUT2D eigenvalue weighted by atomic mass is 10.1. The molecule has 0 aliphatic rings. The van der Waals surface area contributed by atoms with E-state index in [-0.39, 0.29) is 6.04 Å². The number of halogens is 1. The lowest BCUT2D eigenvalue weighted by Gasteiger charge is -2.13. The summed E-state index contributed by atoms with van der Waals surface area (Å²) < 4.78 is 6.75. The molecule has 1 aromatic heterocycles. The second kappa shape index (κ2) is 5.98. The molecule has 1 atom stereocenters. The van der Waals surface area contributed by atoms with Gasteiger partial charge in [-0.15, -0.1) is 0 Å². The second-order valence-electron chi connectivity index (χ2n) is 4.13. The zero-order valence-corrected chi connectivity index (χ0v) is 11.7. The average Bonchev–Trinajstić information content (AvgIpc) is 2.37. The Balaban J connectivity index is 2.11. The number of nitrogens with zero attached hydrogens (tertiary/aromatic N) is 1. The van der Waals surface area contributed by atoms with E-state index in [0.717, 1.165) is 21.3 Å². The van der Waals surface area contributed by atoms with Gasteiger partial charge in [-0.2, -0.15) is 0 Å². The molecule has 1 heterocycles. The van der Waals surface area contributed by atoms with E-state index in [1.807, 2.05) is 37.3 Å². The van der Waals surface area contributed by atoms with Gasteiger partial charge in [0.05, 0.1) is 0 Å². The van der Waals surface area contributed by atoms with Gasteiger partial charge >= 0.3 is 0 Å². The van der Waals surface area contributed by atoms with Crippen LogP contribution < -0.4 is 10.5 Å². The van der Waals surface area contributed by atoms with Gasteiger partial charge in [-0.05, 0) is 35.0 Å². The quantitative estimate of drug-likeness (QED) is 0.941. The number of nitrogens with two attached hydrogens (primary N) is 1. The van der Waals surface area contributed by atoms with Crippen LogP contribution in [0.2, 0.25) is 0 Å². The molecule has 4 heteroatoms. The van der Waals surface area contributed by atoms with Gasteiger partial charge in [0, 0.05) is 34.0 Å². The van der Waals surface area contributed by atoms with Gasteiger partial charge in [0.15, 0.2) is 0 Å². The van der Waals surface area contributed by atoms with E-state index < -0.39 is 0 Å². The Morgan fingerprint density at radius 1 is 1.33 bits per heavy atom. The van der Waals surface area contributed by atoms with Crippen molar-refractivity contribution in [2.75, 3.05) is 0 Å². The minimum Gasteiger partial charge on any atom is -0.489 e. The SMILES string of the molecule is C[C@H](N)c1ccccc1OCc1cncc(Br)c1. The van der Waals surface area contributed by atoms with Crippen LogP contribution in [0.1, 0.15) is 24.1 Å². The topological polar surface area (TPSA) is 48.1 Å². The lowest BCUT2D eigenvalue weighted by molar-refractivity contribution is 0.301. The average molecular weight is 307 g/mol. The summed E-state index contributed by atoms with van der Waals surface area (Å²) in [4.78, 5) is 4.10. The monoisotopic (exact) mass is 306 g/mol. The summed E-state index contributed by atoms with van der Waals surface area (Å²) in [6.45, 7) is 2.43. The highest BCUT2D eigenvalue weighted by molar-refractivity contribution is 9.10. The van der Waals surface area contributed by atoms with Crippen LogP contribution in [-0.2, 0) is 6.61 Å². The van der Waals surface area contributed by atoms with Crippen LogP contribution >= 0.6 is 15.9 Å². The molecule has 0 aliphatic heterocycles. The molecule has 0 fully saturated rings. The molecule has 2 rings (SSSR count). The molecule has 0 unspecified atom stereocenters. The minimum atomic E-state index is -0.0400. The van der Waals surface area contributed by atoms with E-state index in [1.54, 1.807) is 12.4 Å². The fourth-order valence-electron chi connectivity index (χ4n) is 1.68. The van der Waals surface area contributed by atoms with Crippen molar-refractivity contribution in [3.63, 3.8) is 0 Å². The van der Waals surface area contributed by atoms with Gasteiger partial charge in [0.2, 0.25) is 0 Å². The molecule has 2 aromatic rings. The first-order valence-corrected chi connectivity index (χ1v) is 6.53. The predicted octanol–water partition coefficient (Wildman–Crippen LogP) is 3.44. The van der Waals surface area contributed by atoms with E-state index in [9.17, 15) is 0 Å². The van der Waals surface area contributed by atoms with Crippen molar-refractivity contribution in [3.05, 3.63) is 58.3 Å². The Morgan fingerprint density at radius 2 is 2.11 bits per heavy atom. The summed E-state index contributed by atoms with van der Waals surface area (Å²) in [6.07, 6.45) is 3.54. The van der Waals surface area contributed by atoms with Crippen molar-refractivity contribution in [1.29, 1.82) is 0 Å². The number of ether oxygens (including phenoxy) is 1. The predicted molar refractivity (Wildman–Crippen MR) is 75.3 cm³/mol. The first-order valence-electron chi connectivity index (χ1n) is 5.73. The molecular weight excluding hydrogens is 292 g/mol. The van der Waals surface area contributed by atoms with Crippen LogP contribution in [0.4, 0.5) is 0 Å². The first-order chi connectivity index (χ1) is 8.66. The maximum absolute atomic E-state index is 5.91. The third-order valence-corrected chi connectivity index (χ3v) is 3.00. The van der Waals surface area contributed by atoms with E-state index in [0.29, 0.717) is 6.61 Å². The smallest absolute Gasteiger partial charge is 0.124 e. The normalized spacial score (nSPS) is 12.2. The Hall–Kier alpha value is -1.39. The van der Waals surface area contributed by atoms with Crippen LogP contribution in [0.25, 0.3) is 0 Å². The van der Waals surface area contributed by atoms with Crippen molar-refractivity contribution in [3.8, 4) is 5.75 Å². The number of benzene rings is 1. The van der Waals surface area contributed by atoms with Gasteiger partial charge in [-0.3, -0.25) is 4.98 Å². The Labute approximate surface area is 115 Å². The maximum atomic E-state index is 5.91. The molecule has 0 saturated heterocycles. The largest absolute Gasteiger partial charge is 0.489 e. The second-order valence-corrected chi connectivity index (χ2v) is 5.04. The Bertz CT molecular complexity index is 529.